The van der Waals surface area contributed by atoms with Crippen LogP contribution in [-0.2, 0) is 9.47 Å². The molecular weight excluding hydrogens is 419 g/mol. The standard InChI is InChI=1S/C17H34N4O2.HI/c1-18-17(19-8-3-11-23-13-12-22-2)20-9-10-21(16-6-7-16)14-15-4-5-15;/h15-16H,3-14H2,1-2H3,(H2,18,19,20);1H. The Bertz CT molecular complexity index is 349. The number of guanidine groups is 1. The average molecular weight is 454 g/mol. The highest BCUT2D eigenvalue weighted by atomic mass is 127. The van der Waals surface area contributed by atoms with E-state index < -0.39 is 0 Å². The molecule has 24 heavy (non-hydrogen) atoms. The molecule has 2 N–H and O–H groups in total. The van der Waals surface area contributed by atoms with E-state index in [0.717, 1.165) is 50.6 Å². The Morgan fingerprint density at radius 2 is 1.83 bits per heavy atom. The van der Waals surface area contributed by atoms with E-state index in [0.29, 0.717) is 13.2 Å². The molecule has 0 aromatic rings. The Labute approximate surface area is 164 Å². The Morgan fingerprint density at radius 3 is 2.46 bits per heavy atom. The van der Waals surface area contributed by atoms with Gasteiger partial charge in [-0.2, -0.15) is 0 Å². The van der Waals surface area contributed by atoms with Crippen molar-refractivity contribution in [3.05, 3.63) is 0 Å². The smallest absolute Gasteiger partial charge is 0.191 e. The Morgan fingerprint density at radius 1 is 1.08 bits per heavy atom. The van der Waals surface area contributed by atoms with Gasteiger partial charge >= 0.3 is 0 Å². The van der Waals surface area contributed by atoms with Gasteiger partial charge in [0.25, 0.3) is 0 Å². The van der Waals surface area contributed by atoms with Gasteiger partial charge in [0.05, 0.1) is 13.2 Å². The monoisotopic (exact) mass is 454 g/mol. The van der Waals surface area contributed by atoms with E-state index in [4.69, 9.17) is 9.47 Å². The molecular formula is C17H35IN4O2. The van der Waals surface area contributed by atoms with Gasteiger partial charge in [-0.25, -0.2) is 0 Å². The van der Waals surface area contributed by atoms with Crippen LogP contribution in [0.1, 0.15) is 32.1 Å². The number of rotatable bonds is 13. The molecule has 0 unspecified atom stereocenters. The van der Waals surface area contributed by atoms with Crippen molar-refractivity contribution >= 4 is 29.9 Å². The summed E-state index contributed by atoms with van der Waals surface area (Å²) in [5, 5.41) is 6.76. The highest BCUT2D eigenvalue weighted by Crippen LogP contribution is 2.34. The summed E-state index contributed by atoms with van der Waals surface area (Å²) >= 11 is 0. The van der Waals surface area contributed by atoms with E-state index in [9.17, 15) is 0 Å². The second kappa shape index (κ2) is 13.1. The first-order valence-electron chi connectivity index (χ1n) is 9.08. The second-order valence-electron chi connectivity index (χ2n) is 6.55. The van der Waals surface area contributed by atoms with E-state index in [1.807, 2.05) is 7.05 Å². The number of nitrogens with zero attached hydrogens (tertiary/aromatic N) is 2. The maximum Gasteiger partial charge on any atom is 0.191 e. The van der Waals surface area contributed by atoms with Crippen molar-refractivity contribution in [1.29, 1.82) is 0 Å². The van der Waals surface area contributed by atoms with Crippen molar-refractivity contribution in [3.63, 3.8) is 0 Å². The maximum atomic E-state index is 5.45. The maximum absolute atomic E-state index is 5.45. The van der Waals surface area contributed by atoms with Crippen LogP contribution in [0.15, 0.2) is 4.99 Å². The summed E-state index contributed by atoms with van der Waals surface area (Å²) in [4.78, 5) is 6.95. The van der Waals surface area contributed by atoms with Gasteiger partial charge in [0.15, 0.2) is 5.96 Å². The molecule has 7 heteroatoms. The van der Waals surface area contributed by atoms with Crippen molar-refractivity contribution in [2.24, 2.45) is 10.9 Å². The van der Waals surface area contributed by atoms with Crippen LogP contribution in [-0.4, -0.2) is 77.1 Å². The summed E-state index contributed by atoms with van der Waals surface area (Å²) in [5.74, 6) is 1.87. The largest absolute Gasteiger partial charge is 0.382 e. The predicted octanol–water partition coefficient (Wildman–Crippen LogP) is 1.70. The van der Waals surface area contributed by atoms with Gasteiger partial charge in [0.2, 0.25) is 0 Å². The second-order valence-corrected chi connectivity index (χ2v) is 6.55. The van der Waals surface area contributed by atoms with E-state index in [2.05, 4.69) is 20.5 Å². The molecule has 0 aromatic heterocycles. The molecule has 0 bridgehead atoms. The Kier molecular flexibility index (Phi) is 12.0. The SMILES string of the molecule is CN=C(NCCCOCCOC)NCCN(CC1CC1)C1CC1.I. The minimum atomic E-state index is 0. The van der Waals surface area contributed by atoms with Gasteiger partial charge in [-0.3, -0.25) is 9.89 Å². The van der Waals surface area contributed by atoms with Gasteiger partial charge in [-0.15, -0.1) is 24.0 Å². The fraction of sp³-hybridized carbons (Fsp3) is 0.941. The molecule has 0 spiro atoms. The number of methoxy groups -OCH3 is 1. The summed E-state index contributed by atoms with van der Waals surface area (Å²) < 4.78 is 10.4. The van der Waals surface area contributed by atoms with E-state index in [-0.39, 0.29) is 24.0 Å². The third-order valence-corrected chi connectivity index (χ3v) is 4.36. The average Bonchev–Trinajstić information content (AvgIpc) is 3.44. The molecule has 2 saturated carbocycles. The quantitative estimate of drug-likeness (QED) is 0.192. The van der Waals surface area contributed by atoms with Gasteiger partial charge in [-0.1, -0.05) is 0 Å². The molecule has 0 aromatic carbocycles. The molecule has 2 aliphatic carbocycles. The lowest BCUT2D eigenvalue weighted by molar-refractivity contribution is 0.0698. The van der Waals surface area contributed by atoms with Crippen molar-refractivity contribution in [2.75, 3.05) is 60.2 Å². The zero-order valence-corrected chi connectivity index (χ0v) is 17.6. The molecule has 0 amide bonds. The summed E-state index contributed by atoms with van der Waals surface area (Å²) in [5.41, 5.74) is 0. The summed E-state index contributed by atoms with van der Waals surface area (Å²) in [6, 6.07) is 0.858. The molecule has 142 valence electrons. The molecule has 0 saturated heterocycles. The normalized spacial score (nSPS) is 17.7. The van der Waals surface area contributed by atoms with Gasteiger partial charge in [-0.05, 0) is 38.0 Å². The van der Waals surface area contributed by atoms with Crippen molar-refractivity contribution in [1.82, 2.24) is 15.5 Å². The van der Waals surface area contributed by atoms with Crippen LogP contribution in [0.25, 0.3) is 0 Å². The highest BCUT2D eigenvalue weighted by molar-refractivity contribution is 14.0. The minimum Gasteiger partial charge on any atom is -0.382 e. The van der Waals surface area contributed by atoms with Crippen LogP contribution in [0.4, 0.5) is 0 Å². The molecule has 0 heterocycles. The number of aliphatic imine (C=N–C) groups is 1. The molecule has 2 rings (SSSR count). The van der Waals surface area contributed by atoms with Crippen LogP contribution >= 0.6 is 24.0 Å². The number of hydrogen-bond donors (Lipinski definition) is 2. The van der Waals surface area contributed by atoms with Gasteiger partial charge in [0, 0.05) is 53.0 Å². The van der Waals surface area contributed by atoms with E-state index in [1.54, 1.807) is 7.11 Å². The number of hydrogen-bond acceptors (Lipinski definition) is 4. The fourth-order valence-electron chi connectivity index (χ4n) is 2.66. The Balaban J connectivity index is 0.00000288. The van der Waals surface area contributed by atoms with Crippen LogP contribution in [0.5, 0.6) is 0 Å². The van der Waals surface area contributed by atoms with Crippen LogP contribution in [0, 0.1) is 5.92 Å². The molecule has 0 atom stereocenters. The van der Waals surface area contributed by atoms with Crippen LogP contribution < -0.4 is 10.6 Å². The molecule has 2 aliphatic rings. The third kappa shape index (κ3) is 10.0. The lowest BCUT2D eigenvalue weighted by atomic mass is 10.3. The first-order valence-corrected chi connectivity index (χ1v) is 9.08. The van der Waals surface area contributed by atoms with E-state index >= 15 is 0 Å². The zero-order chi connectivity index (χ0) is 16.3. The highest BCUT2D eigenvalue weighted by Gasteiger charge is 2.33. The number of nitrogens with one attached hydrogen (secondary N) is 2. The minimum absolute atomic E-state index is 0. The van der Waals surface area contributed by atoms with Crippen LogP contribution in [0.2, 0.25) is 0 Å². The van der Waals surface area contributed by atoms with Crippen LogP contribution in [0.3, 0.4) is 0 Å². The summed E-state index contributed by atoms with van der Waals surface area (Å²) in [6.07, 6.45) is 6.63. The van der Waals surface area contributed by atoms with Crippen molar-refractivity contribution in [2.45, 2.75) is 38.1 Å². The Hall–Kier alpha value is -0.120. The first kappa shape index (κ1) is 21.9. The fourth-order valence-corrected chi connectivity index (χ4v) is 2.66. The lowest BCUT2D eigenvalue weighted by Crippen LogP contribution is -2.43. The number of ether oxygens (including phenoxy) is 2. The topological polar surface area (TPSA) is 58.1 Å². The summed E-state index contributed by atoms with van der Waals surface area (Å²) in [7, 11) is 3.52. The zero-order valence-electron chi connectivity index (χ0n) is 15.3. The summed E-state index contributed by atoms with van der Waals surface area (Å²) in [6.45, 7) is 6.36. The predicted molar refractivity (Wildman–Crippen MR) is 109 cm³/mol. The first-order chi connectivity index (χ1) is 11.3. The van der Waals surface area contributed by atoms with Crippen molar-refractivity contribution < 1.29 is 9.47 Å². The van der Waals surface area contributed by atoms with Crippen molar-refractivity contribution in [3.8, 4) is 0 Å². The lowest BCUT2D eigenvalue weighted by Gasteiger charge is -2.22. The number of halogens is 1. The third-order valence-electron chi connectivity index (χ3n) is 4.36. The van der Waals surface area contributed by atoms with E-state index in [1.165, 1.54) is 32.2 Å². The van der Waals surface area contributed by atoms with Gasteiger partial charge < -0.3 is 20.1 Å². The molecule has 0 aliphatic heterocycles. The molecule has 6 nitrogen and oxygen atoms in total. The molecule has 2 fully saturated rings. The van der Waals surface area contributed by atoms with Gasteiger partial charge in [0.1, 0.15) is 0 Å². The molecule has 0 radical (unpaired) electrons.